The number of hydrogen-bond donors (Lipinski definition) is 1. The lowest BCUT2D eigenvalue weighted by atomic mass is 10.2. The molecule has 0 bridgehead atoms. The van der Waals surface area contributed by atoms with Crippen LogP contribution in [0.15, 0.2) is 47.8 Å². The van der Waals surface area contributed by atoms with Gasteiger partial charge in [-0.3, -0.25) is 0 Å². The highest BCUT2D eigenvalue weighted by Gasteiger charge is 2.08. The van der Waals surface area contributed by atoms with Crippen LogP contribution in [0.2, 0.25) is 0 Å². The van der Waals surface area contributed by atoms with E-state index in [4.69, 9.17) is 10.5 Å². The molecule has 1 heterocycles. The third kappa shape index (κ3) is 3.09. The molecule has 0 amide bonds. The van der Waals surface area contributed by atoms with E-state index in [9.17, 15) is 4.39 Å². The predicted molar refractivity (Wildman–Crippen MR) is 87.4 cm³/mol. The molecule has 3 nitrogen and oxygen atoms in total. The summed E-state index contributed by atoms with van der Waals surface area (Å²) in [4.78, 5) is 4.43. The summed E-state index contributed by atoms with van der Waals surface area (Å²) in [5.41, 5.74) is 8.98. The van der Waals surface area contributed by atoms with Crippen molar-refractivity contribution < 1.29 is 9.13 Å². The van der Waals surface area contributed by atoms with E-state index in [0.29, 0.717) is 17.0 Å². The first-order valence-corrected chi connectivity index (χ1v) is 7.69. The molecule has 0 aliphatic carbocycles. The van der Waals surface area contributed by atoms with Gasteiger partial charge in [0.15, 0.2) is 0 Å². The van der Waals surface area contributed by atoms with Gasteiger partial charge < -0.3 is 10.5 Å². The van der Waals surface area contributed by atoms with Crippen LogP contribution in [0.3, 0.4) is 0 Å². The Morgan fingerprint density at radius 3 is 2.73 bits per heavy atom. The van der Waals surface area contributed by atoms with Gasteiger partial charge in [-0.15, -0.1) is 11.3 Å². The number of halogens is 1. The maximum atomic E-state index is 13.6. The Kier molecular flexibility index (Phi) is 4.06. The number of thiazole rings is 1. The lowest BCUT2D eigenvalue weighted by Gasteiger charge is -2.10. The Balaban J connectivity index is 1.77. The molecule has 0 fully saturated rings. The predicted octanol–water partition coefficient (Wildman–Crippen LogP) is 4.42. The van der Waals surface area contributed by atoms with Crippen LogP contribution in [-0.2, 0) is 6.61 Å². The van der Waals surface area contributed by atoms with Gasteiger partial charge in [-0.25, -0.2) is 9.37 Å². The molecule has 3 aromatic rings. The number of aromatic nitrogens is 1. The Morgan fingerprint density at radius 2 is 2.05 bits per heavy atom. The zero-order valence-electron chi connectivity index (χ0n) is 12.0. The number of anilines is 1. The molecule has 0 saturated carbocycles. The first-order chi connectivity index (χ1) is 10.6. The van der Waals surface area contributed by atoms with Crippen LogP contribution in [0, 0.1) is 12.7 Å². The molecule has 5 heteroatoms. The quantitative estimate of drug-likeness (QED) is 0.725. The molecule has 2 N–H and O–H groups in total. The number of nitrogens with two attached hydrogens (primary N) is 1. The lowest BCUT2D eigenvalue weighted by Crippen LogP contribution is -2.00. The molecular formula is C17H15FN2OS. The van der Waals surface area contributed by atoms with Crippen LogP contribution in [0.5, 0.6) is 5.75 Å². The van der Waals surface area contributed by atoms with Gasteiger partial charge in [-0.2, -0.15) is 0 Å². The summed E-state index contributed by atoms with van der Waals surface area (Å²) in [6.07, 6.45) is 0. The van der Waals surface area contributed by atoms with E-state index in [2.05, 4.69) is 4.98 Å². The standard InChI is InChI=1S/C17H15FN2OS/c1-11-10-22-17(20-11)12-6-7-16(15(19)8-12)21-9-13-4-2-3-5-14(13)18/h2-8,10H,9,19H2,1H3. The monoisotopic (exact) mass is 314 g/mol. The van der Waals surface area contributed by atoms with Crippen LogP contribution in [-0.4, -0.2) is 4.98 Å². The van der Waals surface area contributed by atoms with Crippen LogP contribution >= 0.6 is 11.3 Å². The Labute approximate surface area is 132 Å². The summed E-state index contributed by atoms with van der Waals surface area (Å²) in [6, 6.07) is 12.1. The Morgan fingerprint density at radius 1 is 1.23 bits per heavy atom. The fourth-order valence-electron chi connectivity index (χ4n) is 2.07. The molecule has 3 rings (SSSR count). The topological polar surface area (TPSA) is 48.1 Å². The highest BCUT2D eigenvalue weighted by atomic mass is 32.1. The summed E-state index contributed by atoms with van der Waals surface area (Å²) in [5.74, 6) is 0.260. The summed E-state index contributed by atoms with van der Waals surface area (Å²) in [6.45, 7) is 2.10. The molecule has 0 aliphatic heterocycles. The van der Waals surface area contributed by atoms with E-state index in [1.807, 2.05) is 24.4 Å². The largest absolute Gasteiger partial charge is 0.487 e. The number of nitrogens with zero attached hydrogens (tertiary/aromatic N) is 1. The maximum absolute atomic E-state index is 13.6. The van der Waals surface area contributed by atoms with Crippen LogP contribution in [0.4, 0.5) is 10.1 Å². The first kappa shape index (κ1) is 14.5. The molecule has 2 aromatic carbocycles. The van der Waals surface area contributed by atoms with E-state index in [-0.39, 0.29) is 12.4 Å². The smallest absolute Gasteiger partial charge is 0.142 e. The molecule has 0 spiro atoms. The van der Waals surface area contributed by atoms with Crippen LogP contribution in [0.25, 0.3) is 10.6 Å². The van der Waals surface area contributed by atoms with Gasteiger partial charge in [0, 0.05) is 22.2 Å². The second kappa shape index (κ2) is 6.15. The van der Waals surface area contributed by atoms with E-state index in [1.165, 1.54) is 6.07 Å². The van der Waals surface area contributed by atoms with E-state index in [0.717, 1.165) is 16.3 Å². The SMILES string of the molecule is Cc1csc(-c2ccc(OCc3ccccc3F)c(N)c2)n1. The lowest BCUT2D eigenvalue weighted by molar-refractivity contribution is 0.301. The summed E-state index contributed by atoms with van der Waals surface area (Å²) in [7, 11) is 0. The van der Waals surface area contributed by atoms with E-state index >= 15 is 0 Å². The van der Waals surface area contributed by atoms with E-state index < -0.39 is 0 Å². The number of nitrogen functional groups attached to an aromatic ring is 1. The second-order valence-corrected chi connectivity index (χ2v) is 5.78. The summed E-state index contributed by atoms with van der Waals surface area (Å²) >= 11 is 1.57. The average Bonchev–Trinajstić information content (AvgIpc) is 2.94. The minimum absolute atomic E-state index is 0.145. The third-order valence-electron chi connectivity index (χ3n) is 3.22. The minimum Gasteiger partial charge on any atom is -0.487 e. The molecule has 0 aliphatic rings. The second-order valence-electron chi connectivity index (χ2n) is 4.93. The third-order valence-corrected chi connectivity index (χ3v) is 4.23. The van der Waals surface area contributed by atoms with Crippen molar-refractivity contribution in [2.24, 2.45) is 0 Å². The van der Waals surface area contributed by atoms with Crippen molar-refractivity contribution in [3.63, 3.8) is 0 Å². The summed E-state index contributed by atoms with van der Waals surface area (Å²) < 4.78 is 19.2. The van der Waals surface area contributed by atoms with Crippen LogP contribution in [0.1, 0.15) is 11.3 Å². The van der Waals surface area contributed by atoms with Crippen molar-refractivity contribution in [3.05, 3.63) is 64.9 Å². The zero-order valence-corrected chi connectivity index (χ0v) is 12.9. The van der Waals surface area contributed by atoms with Crippen molar-refractivity contribution in [1.29, 1.82) is 0 Å². The number of rotatable bonds is 4. The van der Waals surface area contributed by atoms with E-state index in [1.54, 1.807) is 35.6 Å². The molecule has 0 atom stereocenters. The van der Waals surface area contributed by atoms with Crippen molar-refractivity contribution in [1.82, 2.24) is 4.98 Å². The van der Waals surface area contributed by atoms with Gasteiger partial charge in [-0.05, 0) is 31.2 Å². The molecule has 112 valence electrons. The van der Waals surface area contributed by atoms with Gasteiger partial charge in [0.05, 0.1) is 5.69 Å². The van der Waals surface area contributed by atoms with Crippen molar-refractivity contribution >= 4 is 17.0 Å². The fourth-order valence-corrected chi connectivity index (χ4v) is 2.87. The van der Waals surface area contributed by atoms with Crippen molar-refractivity contribution in [2.75, 3.05) is 5.73 Å². The number of ether oxygens (including phenoxy) is 1. The minimum atomic E-state index is -0.282. The normalized spacial score (nSPS) is 10.6. The van der Waals surface area contributed by atoms with Gasteiger partial charge in [0.2, 0.25) is 0 Å². The Hall–Kier alpha value is -2.40. The summed E-state index contributed by atoms with van der Waals surface area (Å²) in [5, 5.41) is 2.92. The van der Waals surface area contributed by atoms with Crippen molar-refractivity contribution in [2.45, 2.75) is 13.5 Å². The number of aryl methyl sites for hydroxylation is 1. The Bertz CT molecular complexity index is 801. The molecule has 1 aromatic heterocycles. The highest BCUT2D eigenvalue weighted by Crippen LogP contribution is 2.30. The van der Waals surface area contributed by atoms with Gasteiger partial charge in [0.1, 0.15) is 23.2 Å². The molecule has 22 heavy (non-hydrogen) atoms. The average molecular weight is 314 g/mol. The highest BCUT2D eigenvalue weighted by molar-refractivity contribution is 7.13. The molecule has 0 saturated heterocycles. The van der Waals surface area contributed by atoms with Gasteiger partial charge >= 0.3 is 0 Å². The first-order valence-electron chi connectivity index (χ1n) is 6.82. The fraction of sp³-hybridized carbons (Fsp3) is 0.118. The molecule has 0 unspecified atom stereocenters. The molecule has 0 radical (unpaired) electrons. The maximum Gasteiger partial charge on any atom is 0.142 e. The van der Waals surface area contributed by atoms with Gasteiger partial charge in [0.25, 0.3) is 0 Å². The number of hydrogen-bond acceptors (Lipinski definition) is 4. The van der Waals surface area contributed by atoms with Crippen molar-refractivity contribution in [3.8, 4) is 16.3 Å². The zero-order chi connectivity index (χ0) is 15.5. The number of benzene rings is 2. The van der Waals surface area contributed by atoms with Crippen LogP contribution < -0.4 is 10.5 Å². The van der Waals surface area contributed by atoms with Gasteiger partial charge in [-0.1, -0.05) is 18.2 Å². The molecular weight excluding hydrogens is 299 g/mol.